The number of thiazole rings is 1. The van der Waals surface area contributed by atoms with Gasteiger partial charge < -0.3 is 14.2 Å². The summed E-state index contributed by atoms with van der Waals surface area (Å²) in [5.41, 5.74) is 3.86. The minimum absolute atomic E-state index is 0.0172. The first kappa shape index (κ1) is 25.7. The summed E-state index contributed by atoms with van der Waals surface area (Å²) in [6.45, 7) is 5.09. The molecular formula is C28H25ClN6O2S2. The van der Waals surface area contributed by atoms with E-state index in [9.17, 15) is 4.79 Å². The number of carbonyl (C=O) groups excluding carboxylic acids is 1. The third kappa shape index (κ3) is 5.45. The first-order chi connectivity index (χ1) is 19.1. The molecule has 8 nitrogen and oxygen atoms in total. The summed E-state index contributed by atoms with van der Waals surface area (Å²) in [5.74, 6) is 1.76. The van der Waals surface area contributed by atoms with Crippen LogP contribution in [-0.2, 0) is 5.75 Å². The van der Waals surface area contributed by atoms with Gasteiger partial charge in [-0.05, 0) is 55.0 Å². The second-order valence-corrected chi connectivity index (χ2v) is 11.4. The molecule has 198 valence electrons. The molecule has 0 aliphatic carbocycles. The lowest BCUT2D eigenvalue weighted by Crippen LogP contribution is -2.49. The molecule has 1 aliphatic heterocycles. The molecule has 11 heteroatoms. The SMILES string of the molecule is Cc1ccccc1N1CCN(C(=O)c2csc(CSc3nnc(-c4ccco4)n3-c3ccc(Cl)cc3)n2)CC1. The maximum absolute atomic E-state index is 13.2. The molecule has 0 radical (unpaired) electrons. The molecule has 6 rings (SSSR count). The second-order valence-electron chi connectivity index (χ2n) is 9.08. The van der Waals surface area contributed by atoms with E-state index < -0.39 is 0 Å². The van der Waals surface area contributed by atoms with Crippen LogP contribution in [0.3, 0.4) is 0 Å². The molecule has 1 fully saturated rings. The van der Waals surface area contributed by atoms with Crippen molar-refractivity contribution in [1.82, 2.24) is 24.6 Å². The Balaban J connectivity index is 1.13. The molecule has 0 unspecified atom stereocenters. The Morgan fingerprint density at radius 1 is 1.03 bits per heavy atom. The number of carbonyl (C=O) groups is 1. The van der Waals surface area contributed by atoms with E-state index in [0.717, 1.165) is 23.8 Å². The van der Waals surface area contributed by atoms with Gasteiger partial charge in [0.05, 0.1) is 12.0 Å². The van der Waals surface area contributed by atoms with Crippen LogP contribution in [0.2, 0.25) is 5.02 Å². The molecule has 0 saturated carbocycles. The Morgan fingerprint density at radius 3 is 2.56 bits per heavy atom. The number of rotatable bonds is 7. The topological polar surface area (TPSA) is 80.3 Å². The van der Waals surface area contributed by atoms with Gasteiger partial charge in [0, 0.05) is 48.0 Å². The molecule has 0 atom stereocenters. The Hall–Kier alpha value is -3.60. The van der Waals surface area contributed by atoms with Crippen molar-refractivity contribution in [2.24, 2.45) is 0 Å². The van der Waals surface area contributed by atoms with Gasteiger partial charge in [0.15, 0.2) is 10.9 Å². The normalized spacial score (nSPS) is 13.7. The van der Waals surface area contributed by atoms with Crippen molar-refractivity contribution in [3.8, 4) is 17.3 Å². The second kappa shape index (κ2) is 11.3. The number of para-hydroxylation sites is 1. The van der Waals surface area contributed by atoms with Gasteiger partial charge in [-0.25, -0.2) is 4.98 Å². The monoisotopic (exact) mass is 576 g/mol. The first-order valence-corrected chi connectivity index (χ1v) is 14.7. The fourth-order valence-corrected chi connectivity index (χ4v) is 6.45. The Bertz CT molecular complexity index is 1570. The molecule has 5 aromatic rings. The van der Waals surface area contributed by atoms with Crippen LogP contribution in [0.15, 0.2) is 81.9 Å². The molecule has 0 N–H and O–H groups in total. The minimum Gasteiger partial charge on any atom is -0.461 e. The van der Waals surface area contributed by atoms with Crippen LogP contribution in [0, 0.1) is 6.92 Å². The van der Waals surface area contributed by atoms with E-state index in [4.69, 9.17) is 16.0 Å². The number of aryl methyl sites for hydroxylation is 1. The van der Waals surface area contributed by atoms with Gasteiger partial charge >= 0.3 is 0 Å². The average molecular weight is 577 g/mol. The zero-order valence-electron chi connectivity index (χ0n) is 21.2. The number of furan rings is 1. The molecule has 1 amide bonds. The Kier molecular flexibility index (Phi) is 7.40. The maximum Gasteiger partial charge on any atom is 0.273 e. The molecule has 1 aliphatic rings. The lowest BCUT2D eigenvalue weighted by Gasteiger charge is -2.36. The van der Waals surface area contributed by atoms with Crippen molar-refractivity contribution in [2.75, 3.05) is 31.1 Å². The van der Waals surface area contributed by atoms with Crippen molar-refractivity contribution in [2.45, 2.75) is 17.8 Å². The van der Waals surface area contributed by atoms with Crippen LogP contribution >= 0.6 is 34.7 Å². The van der Waals surface area contributed by atoms with Crippen molar-refractivity contribution in [3.05, 3.63) is 93.6 Å². The standard InChI is InChI=1S/C28H25ClN6O2S2/c1-19-5-2-3-6-23(19)33-12-14-34(15-13-33)27(36)22-17-38-25(30-22)18-39-28-32-31-26(24-7-4-16-37-24)35(28)21-10-8-20(29)9-11-21/h2-11,16-17H,12-15,18H2,1H3. The number of piperazine rings is 1. The van der Waals surface area contributed by atoms with Gasteiger partial charge in [-0.15, -0.1) is 21.5 Å². The predicted molar refractivity (Wildman–Crippen MR) is 155 cm³/mol. The Morgan fingerprint density at radius 2 is 1.82 bits per heavy atom. The molecule has 3 aromatic heterocycles. The highest BCUT2D eigenvalue weighted by molar-refractivity contribution is 7.98. The van der Waals surface area contributed by atoms with E-state index in [1.54, 1.807) is 6.26 Å². The highest BCUT2D eigenvalue weighted by Crippen LogP contribution is 2.31. The van der Waals surface area contributed by atoms with Crippen LogP contribution in [0.5, 0.6) is 0 Å². The fourth-order valence-electron chi connectivity index (χ4n) is 4.58. The molecular weight excluding hydrogens is 552 g/mol. The zero-order chi connectivity index (χ0) is 26.8. The van der Waals surface area contributed by atoms with Crippen LogP contribution in [0.1, 0.15) is 21.1 Å². The summed E-state index contributed by atoms with van der Waals surface area (Å²) < 4.78 is 7.53. The summed E-state index contributed by atoms with van der Waals surface area (Å²) in [4.78, 5) is 22.1. The molecule has 1 saturated heterocycles. The molecule has 0 bridgehead atoms. The van der Waals surface area contributed by atoms with Gasteiger partial charge in [0.25, 0.3) is 5.91 Å². The van der Waals surface area contributed by atoms with Gasteiger partial charge in [0.1, 0.15) is 10.7 Å². The number of nitrogens with zero attached hydrogens (tertiary/aromatic N) is 6. The van der Waals surface area contributed by atoms with E-state index >= 15 is 0 Å². The lowest BCUT2D eigenvalue weighted by atomic mass is 10.1. The Labute approximate surface area is 239 Å². The maximum atomic E-state index is 13.2. The fraction of sp³-hybridized carbons (Fsp3) is 0.214. The first-order valence-electron chi connectivity index (χ1n) is 12.5. The van der Waals surface area contributed by atoms with E-state index in [0.29, 0.717) is 46.3 Å². The molecule has 2 aromatic carbocycles. The highest BCUT2D eigenvalue weighted by Gasteiger charge is 2.25. The summed E-state index contributed by atoms with van der Waals surface area (Å²) in [5, 5.41) is 12.8. The lowest BCUT2D eigenvalue weighted by molar-refractivity contribution is 0.0741. The van der Waals surface area contributed by atoms with Crippen molar-refractivity contribution in [1.29, 1.82) is 0 Å². The van der Waals surface area contributed by atoms with Crippen LogP contribution < -0.4 is 4.90 Å². The predicted octanol–water partition coefficient (Wildman–Crippen LogP) is 6.20. The smallest absolute Gasteiger partial charge is 0.273 e. The number of thioether (sulfide) groups is 1. The van der Waals surface area contributed by atoms with E-state index in [2.05, 4.69) is 51.3 Å². The van der Waals surface area contributed by atoms with Gasteiger partial charge in [-0.2, -0.15) is 0 Å². The van der Waals surface area contributed by atoms with E-state index in [1.165, 1.54) is 34.3 Å². The van der Waals surface area contributed by atoms with Gasteiger partial charge in [-0.3, -0.25) is 9.36 Å². The third-order valence-electron chi connectivity index (χ3n) is 6.58. The zero-order valence-corrected chi connectivity index (χ0v) is 23.5. The molecule has 0 spiro atoms. The minimum atomic E-state index is -0.0172. The number of anilines is 1. The molecule has 4 heterocycles. The third-order valence-corrected chi connectivity index (χ3v) is 8.80. The number of amides is 1. The average Bonchev–Trinajstić information content (AvgIpc) is 3.74. The van der Waals surface area contributed by atoms with E-state index in [-0.39, 0.29) is 5.91 Å². The summed E-state index contributed by atoms with van der Waals surface area (Å²) in [6.07, 6.45) is 1.61. The summed E-state index contributed by atoms with van der Waals surface area (Å²) in [6, 6.07) is 19.5. The number of aromatic nitrogens is 4. The molecule has 39 heavy (non-hydrogen) atoms. The van der Waals surface area contributed by atoms with Crippen LogP contribution in [0.25, 0.3) is 17.3 Å². The summed E-state index contributed by atoms with van der Waals surface area (Å²) >= 11 is 9.11. The summed E-state index contributed by atoms with van der Waals surface area (Å²) in [7, 11) is 0. The van der Waals surface area contributed by atoms with Crippen molar-refractivity contribution < 1.29 is 9.21 Å². The number of hydrogen-bond donors (Lipinski definition) is 0. The highest BCUT2D eigenvalue weighted by atomic mass is 35.5. The number of benzene rings is 2. The van der Waals surface area contributed by atoms with Crippen molar-refractivity contribution in [3.63, 3.8) is 0 Å². The van der Waals surface area contributed by atoms with Crippen LogP contribution in [-0.4, -0.2) is 56.7 Å². The largest absolute Gasteiger partial charge is 0.461 e. The van der Waals surface area contributed by atoms with Gasteiger partial charge in [0.2, 0.25) is 5.82 Å². The van der Waals surface area contributed by atoms with Crippen LogP contribution in [0.4, 0.5) is 5.69 Å². The number of halogens is 1. The quantitative estimate of drug-likeness (QED) is 0.213. The number of hydrogen-bond acceptors (Lipinski definition) is 8. The van der Waals surface area contributed by atoms with E-state index in [1.807, 2.05) is 51.2 Å². The van der Waals surface area contributed by atoms with Crippen molar-refractivity contribution >= 4 is 46.3 Å². The van der Waals surface area contributed by atoms with Gasteiger partial charge in [-0.1, -0.05) is 41.6 Å².